The van der Waals surface area contributed by atoms with Gasteiger partial charge in [-0.15, -0.1) is 11.3 Å². The molecule has 0 saturated carbocycles. The quantitative estimate of drug-likeness (QED) is 0.838. The first-order valence-electron chi connectivity index (χ1n) is 6.72. The Bertz CT molecular complexity index is 611. The summed E-state index contributed by atoms with van der Waals surface area (Å²) in [5, 5.41) is 1.93. The third-order valence-electron chi connectivity index (χ3n) is 3.04. The van der Waals surface area contributed by atoms with Gasteiger partial charge in [-0.2, -0.15) is 18.2 Å². The minimum absolute atomic E-state index is 0.0921. The van der Waals surface area contributed by atoms with Crippen LogP contribution >= 0.6 is 11.3 Å². The van der Waals surface area contributed by atoms with Crippen molar-refractivity contribution in [3.05, 3.63) is 34.2 Å². The van der Waals surface area contributed by atoms with Crippen LogP contribution in [0, 0.1) is 0 Å². The SMILES string of the molecule is CCN(Cc1cccs1)c1nc(N(C)C)cc(C(F)(F)F)n1. The Balaban J connectivity index is 2.40. The van der Waals surface area contributed by atoms with Crippen molar-refractivity contribution in [3.63, 3.8) is 0 Å². The molecule has 0 aliphatic rings. The summed E-state index contributed by atoms with van der Waals surface area (Å²) in [4.78, 5) is 12.3. The first-order valence-corrected chi connectivity index (χ1v) is 7.60. The zero-order valence-electron chi connectivity index (χ0n) is 12.6. The van der Waals surface area contributed by atoms with Crippen LogP contribution in [0.4, 0.5) is 24.9 Å². The minimum atomic E-state index is -4.50. The van der Waals surface area contributed by atoms with Crippen molar-refractivity contribution >= 4 is 23.1 Å². The number of anilines is 2. The maximum atomic E-state index is 13.0. The lowest BCUT2D eigenvalue weighted by molar-refractivity contribution is -0.141. The lowest BCUT2D eigenvalue weighted by Gasteiger charge is -2.23. The van der Waals surface area contributed by atoms with E-state index < -0.39 is 11.9 Å². The molecule has 0 amide bonds. The fourth-order valence-electron chi connectivity index (χ4n) is 1.85. The third kappa shape index (κ3) is 3.88. The standard InChI is InChI=1S/C14H17F3N4S/c1-4-21(9-10-6-5-7-22-10)13-18-11(14(15,16)17)8-12(19-13)20(2)3/h5-8H,4,9H2,1-3H3. The van der Waals surface area contributed by atoms with Crippen molar-refractivity contribution in [1.29, 1.82) is 0 Å². The highest BCUT2D eigenvalue weighted by atomic mass is 32.1. The van der Waals surface area contributed by atoms with Crippen molar-refractivity contribution < 1.29 is 13.2 Å². The van der Waals surface area contributed by atoms with E-state index in [1.165, 1.54) is 0 Å². The highest BCUT2D eigenvalue weighted by molar-refractivity contribution is 7.09. The predicted octanol–water partition coefficient (Wildman–Crippen LogP) is 3.65. The topological polar surface area (TPSA) is 32.3 Å². The molecule has 0 atom stereocenters. The first-order chi connectivity index (χ1) is 10.3. The van der Waals surface area contributed by atoms with Gasteiger partial charge in [0.15, 0.2) is 5.69 Å². The number of nitrogens with zero attached hydrogens (tertiary/aromatic N) is 4. The van der Waals surface area contributed by atoms with Crippen LogP contribution < -0.4 is 9.80 Å². The van der Waals surface area contributed by atoms with Crippen LogP contribution in [0.2, 0.25) is 0 Å². The number of hydrogen-bond acceptors (Lipinski definition) is 5. The van der Waals surface area contributed by atoms with E-state index in [9.17, 15) is 13.2 Å². The molecule has 2 aromatic rings. The second-order valence-electron chi connectivity index (χ2n) is 4.90. The van der Waals surface area contributed by atoms with E-state index in [1.807, 2.05) is 24.4 Å². The molecule has 2 aromatic heterocycles. The first kappa shape index (κ1) is 16.5. The van der Waals surface area contributed by atoms with Crippen LogP contribution in [0.15, 0.2) is 23.6 Å². The van der Waals surface area contributed by atoms with Gasteiger partial charge in [0.1, 0.15) is 5.82 Å². The number of rotatable bonds is 5. The Kier molecular flexibility index (Phi) is 4.90. The van der Waals surface area contributed by atoms with Crippen molar-refractivity contribution in [2.24, 2.45) is 0 Å². The molecule has 0 spiro atoms. The Hall–Kier alpha value is -1.83. The fraction of sp³-hybridized carbons (Fsp3) is 0.429. The Morgan fingerprint density at radius 2 is 1.95 bits per heavy atom. The summed E-state index contributed by atoms with van der Waals surface area (Å²) < 4.78 is 39.1. The molecule has 8 heteroatoms. The lowest BCUT2D eigenvalue weighted by Crippen LogP contribution is -2.26. The number of halogens is 3. The van der Waals surface area contributed by atoms with Crippen LogP contribution in [-0.4, -0.2) is 30.6 Å². The summed E-state index contributed by atoms with van der Waals surface area (Å²) in [5.41, 5.74) is -0.925. The Morgan fingerprint density at radius 1 is 1.23 bits per heavy atom. The zero-order chi connectivity index (χ0) is 16.3. The molecule has 0 aliphatic carbocycles. The third-order valence-corrected chi connectivity index (χ3v) is 3.90. The van der Waals surface area contributed by atoms with Crippen molar-refractivity contribution in [3.8, 4) is 0 Å². The minimum Gasteiger partial charge on any atom is -0.363 e. The van der Waals surface area contributed by atoms with Crippen LogP contribution in [0.25, 0.3) is 0 Å². The summed E-state index contributed by atoms with van der Waals surface area (Å²) in [6.45, 7) is 2.88. The van der Waals surface area contributed by atoms with Gasteiger partial charge in [-0.3, -0.25) is 0 Å². The molecule has 0 radical (unpaired) electrons. The van der Waals surface area contributed by atoms with Crippen LogP contribution in [0.5, 0.6) is 0 Å². The Morgan fingerprint density at radius 3 is 2.45 bits per heavy atom. The molecule has 2 heterocycles. The number of hydrogen-bond donors (Lipinski definition) is 0. The van der Waals surface area contributed by atoms with Gasteiger partial charge in [0, 0.05) is 31.6 Å². The average molecular weight is 330 g/mol. The second-order valence-corrected chi connectivity index (χ2v) is 5.93. The number of alkyl halides is 3. The average Bonchev–Trinajstić information content (AvgIpc) is 2.96. The molecule has 0 unspecified atom stereocenters. The normalized spacial score (nSPS) is 11.5. The summed E-state index contributed by atoms with van der Waals surface area (Å²) in [5.74, 6) is 0.330. The highest BCUT2D eigenvalue weighted by Gasteiger charge is 2.34. The summed E-state index contributed by atoms with van der Waals surface area (Å²) >= 11 is 1.55. The molecule has 0 bridgehead atoms. The van der Waals surface area contributed by atoms with E-state index in [-0.39, 0.29) is 11.8 Å². The van der Waals surface area contributed by atoms with Gasteiger partial charge in [0.2, 0.25) is 5.95 Å². The zero-order valence-corrected chi connectivity index (χ0v) is 13.4. The van der Waals surface area contributed by atoms with Gasteiger partial charge in [-0.25, -0.2) is 4.98 Å². The smallest absolute Gasteiger partial charge is 0.363 e. The fourth-order valence-corrected chi connectivity index (χ4v) is 2.57. The van der Waals surface area contributed by atoms with E-state index in [1.54, 1.807) is 35.2 Å². The van der Waals surface area contributed by atoms with Crippen LogP contribution in [0.1, 0.15) is 17.5 Å². The summed E-state index contributed by atoms with van der Waals surface area (Å²) in [7, 11) is 3.31. The van der Waals surface area contributed by atoms with Gasteiger partial charge in [-0.1, -0.05) is 6.07 Å². The maximum absolute atomic E-state index is 13.0. The van der Waals surface area contributed by atoms with Gasteiger partial charge in [0.25, 0.3) is 0 Å². The van der Waals surface area contributed by atoms with Crippen LogP contribution in [-0.2, 0) is 12.7 Å². The molecule has 0 saturated heterocycles. The van der Waals surface area contributed by atoms with Gasteiger partial charge < -0.3 is 9.80 Å². The van der Waals surface area contributed by atoms with E-state index in [0.717, 1.165) is 10.9 Å². The maximum Gasteiger partial charge on any atom is 0.433 e. The van der Waals surface area contributed by atoms with Crippen LogP contribution in [0.3, 0.4) is 0 Å². The molecule has 4 nitrogen and oxygen atoms in total. The van der Waals surface area contributed by atoms with E-state index in [0.29, 0.717) is 13.1 Å². The molecular weight excluding hydrogens is 313 g/mol. The number of thiophene rings is 1. The molecule has 0 fully saturated rings. The van der Waals surface area contributed by atoms with Gasteiger partial charge in [0.05, 0.1) is 6.54 Å². The molecule has 0 aliphatic heterocycles. The second kappa shape index (κ2) is 6.51. The molecule has 120 valence electrons. The van der Waals surface area contributed by atoms with Gasteiger partial charge in [-0.05, 0) is 18.4 Å². The molecule has 2 rings (SSSR count). The number of aromatic nitrogens is 2. The van der Waals surface area contributed by atoms with Crippen molar-refractivity contribution in [1.82, 2.24) is 9.97 Å². The van der Waals surface area contributed by atoms with Crippen molar-refractivity contribution in [2.75, 3.05) is 30.4 Å². The molecule has 0 N–H and O–H groups in total. The highest BCUT2D eigenvalue weighted by Crippen LogP contribution is 2.31. The lowest BCUT2D eigenvalue weighted by atomic mass is 10.3. The van der Waals surface area contributed by atoms with Crippen molar-refractivity contribution in [2.45, 2.75) is 19.6 Å². The summed E-state index contributed by atoms with van der Waals surface area (Å²) in [6, 6.07) is 4.81. The largest absolute Gasteiger partial charge is 0.433 e. The monoisotopic (exact) mass is 330 g/mol. The predicted molar refractivity (Wildman–Crippen MR) is 82.4 cm³/mol. The van der Waals surface area contributed by atoms with E-state index in [4.69, 9.17) is 0 Å². The van der Waals surface area contributed by atoms with E-state index in [2.05, 4.69) is 9.97 Å². The van der Waals surface area contributed by atoms with E-state index >= 15 is 0 Å². The molecule has 22 heavy (non-hydrogen) atoms. The molecule has 0 aromatic carbocycles. The van der Waals surface area contributed by atoms with Gasteiger partial charge >= 0.3 is 6.18 Å². The summed E-state index contributed by atoms with van der Waals surface area (Å²) in [6.07, 6.45) is -4.50. The Labute approximate surface area is 131 Å². The molecular formula is C14H17F3N4S.